The molecule has 0 aromatic heterocycles. The normalized spacial score (nSPS) is 19.6. The van der Waals surface area contributed by atoms with Crippen LogP contribution < -0.4 is 0 Å². The molecule has 5 heteroatoms. The Morgan fingerprint density at radius 3 is 2.19 bits per heavy atom. The molecule has 2 amide bonds. The van der Waals surface area contributed by atoms with Crippen LogP contribution in [0.1, 0.15) is 47.2 Å². The lowest BCUT2D eigenvalue weighted by molar-refractivity contribution is -0.141. The van der Waals surface area contributed by atoms with E-state index in [1.165, 1.54) is 0 Å². The monoisotopic (exact) mass is 432 g/mol. The van der Waals surface area contributed by atoms with Gasteiger partial charge in [0.1, 0.15) is 0 Å². The lowest BCUT2D eigenvalue weighted by atomic mass is 9.87. The van der Waals surface area contributed by atoms with Crippen LogP contribution in [0.25, 0.3) is 0 Å². The van der Waals surface area contributed by atoms with Crippen molar-refractivity contribution in [3.05, 3.63) is 71.3 Å². The van der Waals surface area contributed by atoms with Gasteiger partial charge in [-0.05, 0) is 38.2 Å². The third-order valence-corrected chi connectivity index (χ3v) is 6.84. The molecule has 2 fully saturated rings. The quantitative estimate of drug-likeness (QED) is 0.674. The summed E-state index contributed by atoms with van der Waals surface area (Å²) in [6, 6.07) is 17.5. The average molecular weight is 433 g/mol. The fraction of sp³-hybridized carbons (Fsp3) is 0.444. The zero-order valence-electron chi connectivity index (χ0n) is 18.8. The first-order chi connectivity index (χ1) is 15.5. The van der Waals surface area contributed by atoms with Crippen molar-refractivity contribution in [2.45, 2.75) is 39.0 Å². The van der Waals surface area contributed by atoms with Gasteiger partial charge in [-0.25, -0.2) is 0 Å². The summed E-state index contributed by atoms with van der Waals surface area (Å²) in [4.78, 5) is 42.5. The molecule has 2 aliphatic rings. The van der Waals surface area contributed by atoms with E-state index in [0.717, 1.165) is 36.1 Å². The molecule has 0 radical (unpaired) electrons. The van der Waals surface area contributed by atoms with Gasteiger partial charge in [0.25, 0.3) is 0 Å². The number of hydrogen-bond acceptors (Lipinski definition) is 3. The molecule has 0 aliphatic carbocycles. The van der Waals surface area contributed by atoms with E-state index in [-0.39, 0.29) is 29.4 Å². The van der Waals surface area contributed by atoms with Crippen LogP contribution in [0.3, 0.4) is 0 Å². The highest BCUT2D eigenvalue weighted by Gasteiger charge is 2.34. The summed E-state index contributed by atoms with van der Waals surface area (Å²) in [5, 5.41) is 0. The van der Waals surface area contributed by atoms with Crippen LogP contribution in [0.4, 0.5) is 0 Å². The Balaban J connectivity index is 1.29. The van der Waals surface area contributed by atoms with Crippen molar-refractivity contribution in [1.29, 1.82) is 0 Å². The van der Waals surface area contributed by atoms with E-state index in [1.807, 2.05) is 71.3 Å². The highest BCUT2D eigenvalue weighted by molar-refractivity contribution is 5.98. The maximum atomic E-state index is 13.2. The zero-order valence-corrected chi connectivity index (χ0v) is 18.8. The molecule has 0 bridgehead atoms. The van der Waals surface area contributed by atoms with Crippen molar-refractivity contribution >= 4 is 17.6 Å². The minimum Gasteiger partial charge on any atom is -0.342 e. The van der Waals surface area contributed by atoms with Gasteiger partial charge in [-0.15, -0.1) is 0 Å². The third kappa shape index (κ3) is 5.26. The SMILES string of the molecule is Cc1ccc(C(=O)C2CCN(C(=O)C3CCCN(C(=O)Cc4ccccc4)C3)CC2)cc1. The topological polar surface area (TPSA) is 57.7 Å². The summed E-state index contributed by atoms with van der Waals surface area (Å²) in [6.07, 6.45) is 3.49. The zero-order chi connectivity index (χ0) is 22.5. The lowest BCUT2D eigenvalue weighted by Crippen LogP contribution is -2.49. The fourth-order valence-electron chi connectivity index (χ4n) is 4.86. The van der Waals surface area contributed by atoms with E-state index in [1.54, 1.807) is 0 Å². The summed E-state index contributed by atoms with van der Waals surface area (Å²) < 4.78 is 0. The number of carbonyl (C=O) groups is 3. The number of Topliss-reactive ketones (excluding diaryl/α,β-unsaturated/α-hetero) is 1. The van der Waals surface area contributed by atoms with Crippen molar-refractivity contribution in [2.24, 2.45) is 11.8 Å². The largest absolute Gasteiger partial charge is 0.342 e. The van der Waals surface area contributed by atoms with Crippen LogP contribution in [-0.2, 0) is 16.0 Å². The van der Waals surface area contributed by atoms with E-state index < -0.39 is 0 Å². The summed E-state index contributed by atoms with van der Waals surface area (Å²) in [5.41, 5.74) is 2.91. The number of benzene rings is 2. The Morgan fingerprint density at radius 2 is 1.50 bits per heavy atom. The van der Waals surface area contributed by atoms with Crippen molar-refractivity contribution < 1.29 is 14.4 Å². The second-order valence-corrected chi connectivity index (χ2v) is 9.17. The second kappa shape index (κ2) is 10.1. The molecule has 1 atom stereocenters. The van der Waals surface area contributed by atoms with Crippen LogP contribution in [0.15, 0.2) is 54.6 Å². The maximum Gasteiger partial charge on any atom is 0.227 e. The standard InChI is InChI=1S/C27H32N2O3/c1-20-9-11-22(12-10-20)26(31)23-13-16-28(17-14-23)27(32)24-8-5-15-29(19-24)25(30)18-21-6-3-2-4-7-21/h2-4,6-7,9-12,23-24H,5,8,13-19H2,1H3. The van der Waals surface area contributed by atoms with Gasteiger partial charge in [0.15, 0.2) is 5.78 Å². The number of nitrogens with zero attached hydrogens (tertiary/aromatic N) is 2. The van der Waals surface area contributed by atoms with Gasteiger partial charge in [-0.1, -0.05) is 60.2 Å². The number of aryl methyl sites for hydroxylation is 1. The average Bonchev–Trinajstić information content (AvgIpc) is 2.84. The van der Waals surface area contributed by atoms with Crippen molar-refractivity contribution in [3.8, 4) is 0 Å². The van der Waals surface area contributed by atoms with Gasteiger partial charge in [0, 0.05) is 37.7 Å². The van der Waals surface area contributed by atoms with Crippen molar-refractivity contribution in [2.75, 3.05) is 26.2 Å². The minimum absolute atomic E-state index is 0.0166. The highest BCUT2D eigenvalue weighted by Crippen LogP contribution is 2.26. The van der Waals surface area contributed by atoms with Crippen molar-refractivity contribution in [3.63, 3.8) is 0 Å². The molecule has 1 unspecified atom stereocenters. The Hall–Kier alpha value is -2.95. The Labute approximate surface area is 190 Å². The van der Waals surface area contributed by atoms with E-state index >= 15 is 0 Å². The highest BCUT2D eigenvalue weighted by atomic mass is 16.2. The summed E-state index contributed by atoms with van der Waals surface area (Å²) in [7, 11) is 0. The van der Waals surface area contributed by atoms with Crippen LogP contribution in [-0.4, -0.2) is 53.6 Å². The maximum absolute atomic E-state index is 13.2. The van der Waals surface area contributed by atoms with Crippen molar-refractivity contribution in [1.82, 2.24) is 9.80 Å². The van der Waals surface area contributed by atoms with E-state index in [9.17, 15) is 14.4 Å². The first-order valence-corrected chi connectivity index (χ1v) is 11.7. The molecule has 2 aliphatic heterocycles. The third-order valence-electron chi connectivity index (χ3n) is 6.84. The van der Waals surface area contributed by atoms with Crippen LogP contribution in [0.2, 0.25) is 0 Å². The summed E-state index contributed by atoms with van der Waals surface area (Å²) in [6.45, 7) is 4.49. The molecular formula is C27H32N2O3. The van der Waals surface area contributed by atoms with Gasteiger partial charge in [-0.2, -0.15) is 0 Å². The molecule has 5 nitrogen and oxygen atoms in total. The Morgan fingerprint density at radius 1 is 0.812 bits per heavy atom. The minimum atomic E-state index is -0.132. The molecule has 32 heavy (non-hydrogen) atoms. The molecule has 168 valence electrons. The van der Waals surface area contributed by atoms with E-state index in [0.29, 0.717) is 38.9 Å². The van der Waals surface area contributed by atoms with Gasteiger partial charge >= 0.3 is 0 Å². The van der Waals surface area contributed by atoms with Gasteiger partial charge in [-0.3, -0.25) is 14.4 Å². The molecule has 0 saturated carbocycles. The number of carbonyl (C=O) groups excluding carboxylic acids is 3. The van der Waals surface area contributed by atoms with Gasteiger partial charge in [0.2, 0.25) is 11.8 Å². The Kier molecular flexibility index (Phi) is 7.03. The smallest absolute Gasteiger partial charge is 0.227 e. The number of amides is 2. The molecule has 2 heterocycles. The molecule has 2 aromatic rings. The van der Waals surface area contributed by atoms with Gasteiger partial charge < -0.3 is 9.80 Å². The lowest BCUT2D eigenvalue weighted by Gasteiger charge is -2.37. The first-order valence-electron chi connectivity index (χ1n) is 11.7. The summed E-state index contributed by atoms with van der Waals surface area (Å²) in [5.74, 6) is 0.275. The number of likely N-dealkylation sites (tertiary alicyclic amines) is 2. The van der Waals surface area contributed by atoms with E-state index in [2.05, 4.69) is 0 Å². The first kappa shape index (κ1) is 22.3. The van der Waals surface area contributed by atoms with Crippen LogP contribution in [0, 0.1) is 18.8 Å². The second-order valence-electron chi connectivity index (χ2n) is 9.17. The summed E-state index contributed by atoms with van der Waals surface area (Å²) >= 11 is 0. The predicted molar refractivity (Wildman–Crippen MR) is 124 cm³/mol. The molecule has 0 N–H and O–H groups in total. The molecule has 2 aromatic carbocycles. The fourth-order valence-corrected chi connectivity index (χ4v) is 4.86. The number of hydrogen-bond donors (Lipinski definition) is 0. The van der Waals surface area contributed by atoms with Crippen LogP contribution >= 0.6 is 0 Å². The molecule has 2 saturated heterocycles. The Bertz CT molecular complexity index is 947. The molecular weight excluding hydrogens is 400 g/mol. The number of piperidine rings is 2. The van der Waals surface area contributed by atoms with Gasteiger partial charge in [0.05, 0.1) is 12.3 Å². The van der Waals surface area contributed by atoms with E-state index in [4.69, 9.17) is 0 Å². The van der Waals surface area contributed by atoms with Crippen LogP contribution in [0.5, 0.6) is 0 Å². The molecule has 4 rings (SSSR count). The predicted octanol–water partition coefficient (Wildman–Crippen LogP) is 3.90. The molecule has 0 spiro atoms. The number of ketones is 1. The number of rotatable bonds is 5.